The molecule has 0 N–H and O–H groups in total. The van der Waals surface area contributed by atoms with Gasteiger partial charge in [-0.1, -0.05) is 103 Å². The predicted molar refractivity (Wildman–Crippen MR) is 284 cm³/mol. The molecular weight excluding hydrogens is 1080 g/mol. The van der Waals surface area contributed by atoms with Crippen LogP contribution in [0.25, 0.3) is 112 Å². The second-order valence-electron chi connectivity index (χ2n) is 17.4. The van der Waals surface area contributed by atoms with E-state index in [1.165, 1.54) is 23.3 Å². The van der Waals surface area contributed by atoms with E-state index in [9.17, 15) is 0 Å². The average molecular weight is 1120 g/mol. The van der Waals surface area contributed by atoms with Crippen molar-refractivity contribution in [1.82, 2.24) is 24.5 Å². The monoisotopic (exact) mass is 1120 g/mol. The van der Waals surface area contributed by atoms with Gasteiger partial charge in [0.05, 0.1) is 12.4 Å². The summed E-state index contributed by atoms with van der Waals surface area (Å²) in [6.45, 7) is 0. The molecule has 0 fully saturated rings. The van der Waals surface area contributed by atoms with E-state index in [4.69, 9.17) is 4.98 Å². The van der Waals surface area contributed by atoms with Gasteiger partial charge in [-0.25, -0.2) is 8.78 Å². The Morgan fingerprint density at radius 1 is 0.329 bits per heavy atom. The van der Waals surface area contributed by atoms with Crippen LogP contribution in [0.1, 0.15) is 0 Å². The maximum absolute atomic E-state index is 15.4. The van der Waals surface area contributed by atoms with E-state index in [-0.39, 0.29) is 31.7 Å². The van der Waals surface area contributed by atoms with Gasteiger partial charge >= 0.3 is 20.1 Å². The Labute approximate surface area is 435 Å². The molecule has 5 nitrogen and oxygen atoms in total. The van der Waals surface area contributed by atoms with E-state index in [1.54, 1.807) is 33.9 Å². The third-order valence-electron chi connectivity index (χ3n) is 12.9. The van der Waals surface area contributed by atoms with Gasteiger partial charge in [-0.3, -0.25) is 9.36 Å². The van der Waals surface area contributed by atoms with Gasteiger partial charge in [0.25, 0.3) is 0 Å². The number of rotatable bonds is 11. The first-order chi connectivity index (χ1) is 35.5. The van der Waals surface area contributed by atoms with Crippen LogP contribution in [0.4, 0.5) is 8.78 Å². The van der Waals surface area contributed by atoms with Crippen molar-refractivity contribution in [3.8, 4) is 112 Å². The number of aromatic nitrogens is 5. The van der Waals surface area contributed by atoms with Crippen molar-refractivity contribution in [3.63, 3.8) is 0 Å². The molecule has 12 rings (SSSR count). The maximum Gasteiger partial charge on any atom is 3.00 e. The Balaban J connectivity index is 0.00000574. The fourth-order valence-corrected chi connectivity index (χ4v) is 9.33. The molecule has 0 aliphatic carbocycles. The SMILES string of the molecule is Fc1ccc(-c2cc(-c3ccccc3-c3ccc(-c4[c-]ccc(-c5ccc(-c6ccccc6)cc5)c4)nc3)cc(-c3ccc(F)cc3-c3cnn(-c4[c-]cccc4)c3)c2)c(-c2cnn(-c3[c-]cccc3)c2)c1.[Ir+3]. The van der Waals surface area contributed by atoms with Gasteiger partial charge in [0.15, 0.2) is 0 Å². The van der Waals surface area contributed by atoms with Gasteiger partial charge in [0.2, 0.25) is 0 Å². The minimum absolute atomic E-state index is 0. The molecule has 0 saturated heterocycles. The van der Waals surface area contributed by atoms with E-state index in [0.717, 1.165) is 89.4 Å². The summed E-state index contributed by atoms with van der Waals surface area (Å²) >= 11 is 0. The topological polar surface area (TPSA) is 48.5 Å². The van der Waals surface area contributed by atoms with Gasteiger partial charge in [0, 0.05) is 29.7 Å². The minimum Gasteiger partial charge on any atom is -0.304 e. The molecule has 0 saturated carbocycles. The fourth-order valence-electron chi connectivity index (χ4n) is 9.33. The Morgan fingerprint density at radius 3 is 1.33 bits per heavy atom. The fraction of sp³-hybridized carbons (Fsp3) is 0. The number of hydrogen-bond donors (Lipinski definition) is 0. The molecule has 3 heterocycles. The van der Waals surface area contributed by atoms with Crippen molar-refractivity contribution in [2.24, 2.45) is 0 Å². The quantitative estimate of drug-likeness (QED) is 0.121. The van der Waals surface area contributed by atoms with Crippen molar-refractivity contribution in [2.45, 2.75) is 0 Å². The van der Waals surface area contributed by atoms with Crippen LogP contribution in [0.3, 0.4) is 0 Å². The summed E-state index contributed by atoms with van der Waals surface area (Å²) in [5, 5.41) is 9.29. The Bertz CT molecular complexity index is 3730. The molecule has 0 aliphatic heterocycles. The number of pyridine rings is 1. The van der Waals surface area contributed by atoms with E-state index >= 15 is 8.78 Å². The van der Waals surface area contributed by atoms with Crippen LogP contribution in [-0.2, 0) is 20.1 Å². The Kier molecular flexibility index (Phi) is 13.0. The van der Waals surface area contributed by atoms with Crippen molar-refractivity contribution in [1.29, 1.82) is 0 Å². The molecular formula is C65H40F2IrN5. The number of halogens is 2. The zero-order valence-electron chi connectivity index (χ0n) is 38.9. The first-order valence-corrected chi connectivity index (χ1v) is 23.5. The normalized spacial score (nSPS) is 11.0. The molecule has 0 atom stereocenters. The van der Waals surface area contributed by atoms with Crippen LogP contribution >= 0.6 is 0 Å². The number of para-hydroxylation sites is 2. The molecule has 348 valence electrons. The van der Waals surface area contributed by atoms with Crippen LogP contribution in [0.5, 0.6) is 0 Å². The smallest absolute Gasteiger partial charge is 0.304 e. The number of benzene rings is 9. The van der Waals surface area contributed by atoms with Gasteiger partial charge in [-0.2, -0.15) is 58.7 Å². The van der Waals surface area contributed by atoms with E-state index in [0.29, 0.717) is 11.1 Å². The molecule has 3 aromatic heterocycles. The summed E-state index contributed by atoms with van der Waals surface area (Å²) in [7, 11) is 0. The molecule has 8 heteroatoms. The maximum atomic E-state index is 15.4. The van der Waals surface area contributed by atoms with Crippen molar-refractivity contribution in [3.05, 3.63) is 273 Å². The third-order valence-corrected chi connectivity index (χ3v) is 12.9. The number of nitrogens with zero attached hydrogens (tertiary/aromatic N) is 5. The largest absolute Gasteiger partial charge is 3.00 e. The van der Waals surface area contributed by atoms with Crippen LogP contribution < -0.4 is 0 Å². The molecule has 0 amide bonds. The molecule has 0 spiro atoms. The standard InChI is InChI=1S/C65H40F2N5.Ir/c66-55-28-30-61(63(37-55)53-40-69-71(42-53)57-17-6-2-7-18-57)51-34-50(35-52(36-51)62-31-29-56(67)38-64(62)54-41-70-72(43-54)58-19-8-3-9-20-58)60-22-11-10-21-59(60)49-27-32-65(68-39-49)48-16-12-15-47(33-48)46-25-23-45(24-26-46)44-13-4-1-5-14-44;/h1-15,17,19,21-43H;/q-3;+3. The second-order valence-corrected chi connectivity index (χ2v) is 17.4. The molecule has 73 heavy (non-hydrogen) atoms. The first-order valence-electron chi connectivity index (χ1n) is 23.5. The van der Waals surface area contributed by atoms with Crippen molar-refractivity contribution >= 4 is 0 Å². The predicted octanol–water partition coefficient (Wildman–Crippen LogP) is 16.1. The van der Waals surface area contributed by atoms with E-state index in [2.05, 4.69) is 125 Å². The third kappa shape index (κ3) is 9.65. The second kappa shape index (κ2) is 20.4. The molecule has 0 unspecified atom stereocenters. The van der Waals surface area contributed by atoms with Crippen LogP contribution in [0.15, 0.2) is 243 Å². The van der Waals surface area contributed by atoms with E-state index < -0.39 is 0 Å². The Morgan fingerprint density at radius 2 is 0.808 bits per heavy atom. The Hall–Kier alpha value is -8.94. The molecule has 0 aliphatic rings. The van der Waals surface area contributed by atoms with Crippen LogP contribution in [0, 0.1) is 29.8 Å². The van der Waals surface area contributed by atoms with Gasteiger partial charge in [0.1, 0.15) is 11.6 Å². The molecule has 12 aromatic rings. The summed E-state index contributed by atoms with van der Waals surface area (Å²) < 4.78 is 34.3. The average Bonchev–Trinajstić information content (AvgIpc) is 4.16. The zero-order chi connectivity index (χ0) is 48.4. The van der Waals surface area contributed by atoms with Gasteiger partial charge in [-0.05, 0) is 132 Å². The summed E-state index contributed by atoms with van der Waals surface area (Å²) in [6, 6.07) is 78.6. The van der Waals surface area contributed by atoms with Gasteiger partial charge in [-0.15, -0.1) is 47.5 Å². The molecule has 0 bridgehead atoms. The van der Waals surface area contributed by atoms with Crippen molar-refractivity contribution in [2.75, 3.05) is 0 Å². The van der Waals surface area contributed by atoms with Gasteiger partial charge < -0.3 is 4.98 Å². The molecule has 9 aromatic carbocycles. The summed E-state index contributed by atoms with van der Waals surface area (Å²) in [5.74, 6) is -0.749. The first kappa shape index (κ1) is 46.4. The van der Waals surface area contributed by atoms with Crippen LogP contribution in [-0.4, -0.2) is 24.5 Å². The summed E-state index contributed by atoms with van der Waals surface area (Å²) in [4.78, 5) is 5.01. The van der Waals surface area contributed by atoms with E-state index in [1.807, 2.05) is 110 Å². The van der Waals surface area contributed by atoms with Crippen molar-refractivity contribution < 1.29 is 28.9 Å². The number of hydrogen-bond acceptors (Lipinski definition) is 3. The minimum atomic E-state index is -0.374. The summed E-state index contributed by atoms with van der Waals surface area (Å²) in [5.41, 5.74) is 17.5. The molecule has 0 radical (unpaired) electrons. The van der Waals surface area contributed by atoms with Crippen LogP contribution in [0.2, 0.25) is 0 Å². The summed E-state index contributed by atoms with van der Waals surface area (Å²) in [6.07, 6.45) is 9.17. The zero-order valence-corrected chi connectivity index (χ0v) is 41.3.